The van der Waals surface area contributed by atoms with E-state index in [-0.39, 0.29) is 21.7 Å². The van der Waals surface area contributed by atoms with Crippen molar-refractivity contribution < 1.29 is 21.7 Å². The SMILES string of the molecule is CC[N-]C.CC[N-]C.CC[N-]C.[Ti+4].c1cc[cH-]c1. The molecule has 0 aromatic heterocycles. The molecule has 0 aliphatic heterocycles. The molecule has 1 aromatic rings. The summed E-state index contributed by atoms with van der Waals surface area (Å²) in [4.78, 5) is 0. The predicted octanol–water partition coefficient (Wildman–Crippen LogP) is 4.43. The molecule has 104 valence electrons. The first-order valence-electron chi connectivity index (χ1n) is 6.08. The monoisotopic (exact) mass is 287 g/mol. The van der Waals surface area contributed by atoms with Gasteiger partial charge >= 0.3 is 21.7 Å². The van der Waals surface area contributed by atoms with E-state index in [1.165, 1.54) is 0 Å². The number of hydrogen-bond acceptors (Lipinski definition) is 0. The minimum Gasteiger partial charge on any atom is -0.665 e. The summed E-state index contributed by atoms with van der Waals surface area (Å²) in [5.41, 5.74) is 0. The fraction of sp³-hybridized carbons (Fsp3) is 0.643. The molecule has 3 nitrogen and oxygen atoms in total. The van der Waals surface area contributed by atoms with Crippen LogP contribution in [0.4, 0.5) is 0 Å². The zero-order chi connectivity index (χ0) is 13.8. The first-order chi connectivity index (χ1) is 8.24. The Morgan fingerprint density at radius 2 is 0.944 bits per heavy atom. The Morgan fingerprint density at radius 3 is 1.00 bits per heavy atom. The van der Waals surface area contributed by atoms with Crippen molar-refractivity contribution in [3.8, 4) is 0 Å². The summed E-state index contributed by atoms with van der Waals surface area (Å²) in [5, 5.41) is 11.2. The second kappa shape index (κ2) is 36.0. The van der Waals surface area contributed by atoms with E-state index >= 15 is 0 Å². The Hall–Kier alpha value is -0.0557. The molecule has 0 aliphatic rings. The van der Waals surface area contributed by atoms with Gasteiger partial charge < -0.3 is 16.0 Å². The van der Waals surface area contributed by atoms with Crippen LogP contribution in [0.2, 0.25) is 0 Å². The average molecular weight is 287 g/mol. The summed E-state index contributed by atoms with van der Waals surface area (Å²) in [7, 11) is 5.42. The molecule has 0 bridgehead atoms. The van der Waals surface area contributed by atoms with Crippen LogP contribution in [0.5, 0.6) is 0 Å². The molecule has 0 radical (unpaired) electrons. The van der Waals surface area contributed by atoms with Crippen LogP contribution < -0.4 is 0 Å². The van der Waals surface area contributed by atoms with E-state index < -0.39 is 0 Å². The smallest absolute Gasteiger partial charge is 0.665 e. The van der Waals surface area contributed by atoms with Crippen LogP contribution in [0.1, 0.15) is 20.8 Å². The van der Waals surface area contributed by atoms with Crippen LogP contribution in [0.15, 0.2) is 30.3 Å². The molecule has 0 spiro atoms. The predicted molar refractivity (Wildman–Crippen MR) is 81.5 cm³/mol. The minimum absolute atomic E-state index is 0. The molecule has 18 heavy (non-hydrogen) atoms. The number of rotatable bonds is 3. The summed E-state index contributed by atoms with van der Waals surface area (Å²) < 4.78 is 0. The standard InChI is InChI=1S/C5H5.3C3H8N.Ti/c1-2-4-5-3-1;3*1-3-4-2;/h1-5H;3*3H2,1-2H3;/q4*-1;+4. The first kappa shape index (κ1) is 26.5. The normalized spacial score (nSPS) is 7.22. The average Bonchev–Trinajstić information content (AvgIpc) is 2.98. The van der Waals surface area contributed by atoms with Crippen molar-refractivity contribution in [2.45, 2.75) is 20.8 Å². The third-order valence-corrected chi connectivity index (χ3v) is 1.50. The maximum atomic E-state index is 3.74. The molecule has 0 amide bonds. The molecule has 1 aromatic carbocycles. The van der Waals surface area contributed by atoms with Crippen LogP contribution >= 0.6 is 0 Å². The molecule has 0 unspecified atom stereocenters. The Bertz CT molecular complexity index is 123. The summed E-state index contributed by atoms with van der Waals surface area (Å²) in [6, 6.07) is 10.0. The van der Waals surface area contributed by atoms with Crippen LogP contribution in [0.3, 0.4) is 0 Å². The van der Waals surface area contributed by atoms with E-state index in [2.05, 4.69) is 16.0 Å². The third-order valence-electron chi connectivity index (χ3n) is 1.50. The number of hydrogen-bond donors (Lipinski definition) is 0. The zero-order valence-corrected chi connectivity index (χ0v) is 14.4. The Morgan fingerprint density at radius 1 is 0.722 bits per heavy atom. The Balaban J connectivity index is -0.0000000719. The molecular formula is C14H29N3Ti. The van der Waals surface area contributed by atoms with E-state index in [4.69, 9.17) is 0 Å². The van der Waals surface area contributed by atoms with Gasteiger partial charge in [0.1, 0.15) is 0 Å². The fourth-order valence-corrected chi connectivity index (χ4v) is 0.321. The van der Waals surface area contributed by atoms with Gasteiger partial charge in [0, 0.05) is 0 Å². The van der Waals surface area contributed by atoms with Crippen molar-refractivity contribution >= 4 is 0 Å². The zero-order valence-electron chi connectivity index (χ0n) is 12.8. The third kappa shape index (κ3) is 56.4. The van der Waals surface area contributed by atoms with Crippen molar-refractivity contribution in [2.24, 2.45) is 0 Å². The minimum atomic E-state index is 0. The Kier molecular flexibility index (Phi) is 52.9. The molecule has 0 heterocycles. The van der Waals surface area contributed by atoms with Gasteiger partial charge in [-0.25, -0.2) is 12.1 Å². The van der Waals surface area contributed by atoms with Crippen LogP contribution in [-0.4, -0.2) is 40.8 Å². The van der Waals surface area contributed by atoms with Crippen molar-refractivity contribution in [3.63, 3.8) is 0 Å². The van der Waals surface area contributed by atoms with E-state index in [1.54, 1.807) is 21.1 Å². The molecule has 0 N–H and O–H groups in total. The van der Waals surface area contributed by atoms with E-state index in [0.717, 1.165) is 19.6 Å². The first-order valence-corrected chi connectivity index (χ1v) is 6.08. The van der Waals surface area contributed by atoms with Crippen LogP contribution in [-0.2, 0) is 21.7 Å². The topological polar surface area (TPSA) is 42.3 Å². The van der Waals surface area contributed by atoms with Gasteiger partial charge in [0.25, 0.3) is 0 Å². The van der Waals surface area contributed by atoms with Crippen molar-refractivity contribution in [1.82, 2.24) is 0 Å². The van der Waals surface area contributed by atoms with E-state index in [9.17, 15) is 0 Å². The maximum absolute atomic E-state index is 3.74. The van der Waals surface area contributed by atoms with Crippen molar-refractivity contribution in [1.29, 1.82) is 0 Å². The number of nitrogens with zero attached hydrogens (tertiary/aromatic N) is 3. The van der Waals surface area contributed by atoms with Gasteiger partial charge in [-0.05, 0) is 0 Å². The summed E-state index contributed by atoms with van der Waals surface area (Å²) in [6.45, 7) is 8.88. The molecule has 0 aliphatic carbocycles. The van der Waals surface area contributed by atoms with Gasteiger partial charge in [0.05, 0.1) is 0 Å². The second-order valence-electron chi connectivity index (χ2n) is 2.86. The molecule has 0 atom stereocenters. The molecule has 0 saturated carbocycles. The summed E-state index contributed by atoms with van der Waals surface area (Å²) in [6.07, 6.45) is 0. The van der Waals surface area contributed by atoms with Gasteiger partial charge in [-0.2, -0.15) is 59.0 Å². The van der Waals surface area contributed by atoms with Gasteiger partial charge in [-0.15, -0.1) is 0 Å². The van der Waals surface area contributed by atoms with Crippen molar-refractivity contribution in [2.75, 3.05) is 40.8 Å². The molecule has 4 heteroatoms. The Labute approximate surface area is 129 Å². The largest absolute Gasteiger partial charge is 4.00 e. The van der Waals surface area contributed by atoms with E-state index in [0.29, 0.717) is 0 Å². The maximum Gasteiger partial charge on any atom is 4.00 e. The van der Waals surface area contributed by atoms with Crippen LogP contribution in [0, 0.1) is 0 Å². The quantitative estimate of drug-likeness (QED) is 0.583. The van der Waals surface area contributed by atoms with Gasteiger partial charge in [0.2, 0.25) is 0 Å². The van der Waals surface area contributed by atoms with Gasteiger partial charge in [-0.3, -0.25) is 0 Å². The van der Waals surface area contributed by atoms with Crippen molar-refractivity contribution in [3.05, 3.63) is 46.3 Å². The van der Waals surface area contributed by atoms with E-state index in [1.807, 2.05) is 51.1 Å². The van der Waals surface area contributed by atoms with Crippen LogP contribution in [0.25, 0.3) is 16.0 Å². The molecular weight excluding hydrogens is 258 g/mol. The molecule has 1 rings (SSSR count). The molecule has 0 saturated heterocycles. The second-order valence-corrected chi connectivity index (χ2v) is 2.86. The summed E-state index contributed by atoms with van der Waals surface area (Å²) in [5.74, 6) is 0. The molecule has 0 fully saturated rings. The fourth-order valence-electron chi connectivity index (χ4n) is 0.321. The van der Waals surface area contributed by atoms with Gasteiger partial charge in [0.15, 0.2) is 0 Å². The van der Waals surface area contributed by atoms with Gasteiger partial charge in [-0.1, -0.05) is 20.8 Å². The summed E-state index contributed by atoms with van der Waals surface area (Å²) >= 11 is 0.